The van der Waals surface area contributed by atoms with E-state index in [1.54, 1.807) is 0 Å². The molecule has 1 saturated heterocycles. The van der Waals surface area contributed by atoms with Crippen molar-refractivity contribution in [2.45, 2.75) is 6.18 Å². The lowest BCUT2D eigenvalue weighted by Gasteiger charge is -2.27. The number of rotatable bonds is 1. The van der Waals surface area contributed by atoms with E-state index in [-0.39, 0.29) is 0 Å². The molecule has 0 bridgehead atoms. The predicted octanol–water partition coefficient (Wildman–Crippen LogP) is 0.164. The van der Waals surface area contributed by atoms with Gasteiger partial charge in [0, 0.05) is 26.2 Å². The largest absolute Gasteiger partial charge is 0.405 e. The molecule has 0 aromatic rings. The second kappa shape index (κ2) is 4.50. The zero-order valence-electron chi connectivity index (χ0n) is 7.52. The fourth-order valence-corrected chi connectivity index (χ4v) is 1.16. The van der Waals surface area contributed by atoms with Gasteiger partial charge in [0.2, 0.25) is 0 Å². The van der Waals surface area contributed by atoms with Crippen LogP contribution in [0.15, 0.2) is 0 Å². The summed E-state index contributed by atoms with van der Waals surface area (Å²) in [5.41, 5.74) is 0. The second-order valence-corrected chi connectivity index (χ2v) is 3.01. The molecule has 2 amide bonds. The van der Waals surface area contributed by atoms with Gasteiger partial charge in [0.25, 0.3) is 0 Å². The number of urea groups is 1. The van der Waals surface area contributed by atoms with Crippen molar-refractivity contribution in [1.82, 2.24) is 15.5 Å². The second-order valence-electron chi connectivity index (χ2n) is 3.01. The minimum absolute atomic E-state index is 0.448. The topological polar surface area (TPSA) is 44.4 Å². The molecule has 0 aromatic carbocycles. The lowest BCUT2D eigenvalue weighted by atomic mass is 10.4. The van der Waals surface area contributed by atoms with Gasteiger partial charge in [-0.15, -0.1) is 0 Å². The van der Waals surface area contributed by atoms with Crippen LogP contribution in [0.25, 0.3) is 0 Å². The van der Waals surface area contributed by atoms with Crippen LogP contribution in [0.5, 0.6) is 0 Å². The molecule has 2 N–H and O–H groups in total. The SMILES string of the molecule is O=C(NCC(F)(F)F)N1CCNCC1. The Bertz CT molecular complexity index is 201. The number of carbonyl (C=O) groups excluding carboxylic acids is 1. The zero-order valence-corrected chi connectivity index (χ0v) is 7.52. The lowest BCUT2D eigenvalue weighted by Crippen LogP contribution is -2.51. The third-order valence-corrected chi connectivity index (χ3v) is 1.84. The quantitative estimate of drug-likeness (QED) is 0.649. The summed E-state index contributed by atoms with van der Waals surface area (Å²) >= 11 is 0. The van der Waals surface area contributed by atoms with Gasteiger partial charge in [-0.2, -0.15) is 13.2 Å². The lowest BCUT2D eigenvalue weighted by molar-refractivity contribution is -0.123. The molecule has 0 spiro atoms. The van der Waals surface area contributed by atoms with Crippen molar-refractivity contribution in [2.75, 3.05) is 32.7 Å². The minimum atomic E-state index is -4.34. The number of carbonyl (C=O) groups is 1. The van der Waals surface area contributed by atoms with Crippen molar-refractivity contribution in [3.63, 3.8) is 0 Å². The van der Waals surface area contributed by atoms with Crippen molar-refractivity contribution in [3.8, 4) is 0 Å². The summed E-state index contributed by atoms with van der Waals surface area (Å²) in [6, 6.07) is -0.649. The van der Waals surface area contributed by atoms with Crippen LogP contribution in [-0.2, 0) is 0 Å². The molecule has 1 heterocycles. The number of nitrogens with zero attached hydrogens (tertiary/aromatic N) is 1. The average Bonchev–Trinajstić information content (AvgIpc) is 2.14. The standard InChI is InChI=1S/C7H12F3N3O/c8-7(9,10)5-12-6(14)13-3-1-11-2-4-13/h11H,1-5H2,(H,12,14). The van der Waals surface area contributed by atoms with E-state index in [9.17, 15) is 18.0 Å². The highest BCUT2D eigenvalue weighted by molar-refractivity contribution is 5.74. The molecular formula is C7H12F3N3O. The molecule has 0 radical (unpaired) electrons. The Morgan fingerprint density at radius 1 is 1.36 bits per heavy atom. The Morgan fingerprint density at radius 2 is 1.93 bits per heavy atom. The van der Waals surface area contributed by atoms with Crippen molar-refractivity contribution < 1.29 is 18.0 Å². The van der Waals surface area contributed by atoms with Gasteiger partial charge >= 0.3 is 12.2 Å². The molecule has 1 rings (SSSR count). The Labute approximate surface area is 79.4 Å². The maximum absolute atomic E-state index is 11.7. The van der Waals surface area contributed by atoms with Gasteiger partial charge in [0.15, 0.2) is 0 Å². The molecule has 0 saturated carbocycles. The van der Waals surface area contributed by atoms with E-state index in [1.807, 2.05) is 5.32 Å². The van der Waals surface area contributed by atoms with Crippen LogP contribution in [0.4, 0.5) is 18.0 Å². The van der Waals surface area contributed by atoms with Crippen molar-refractivity contribution >= 4 is 6.03 Å². The first-order chi connectivity index (χ1) is 6.49. The van der Waals surface area contributed by atoms with Crippen LogP contribution in [-0.4, -0.2) is 49.8 Å². The summed E-state index contributed by atoms with van der Waals surface area (Å²) in [4.78, 5) is 12.5. The van der Waals surface area contributed by atoms with Crippen LogP contribution >= 0.6 is 0 Å². The molecule has 0 aromatic heterocycles. The average molecular weight is 211 g/mol. The maximum Gasteiger partial charge on any atom is 0.405 e. The summed E-state index contributed by atoms with van der Waals surface area (Å²) in [5.74, 6) is 0. The van der Waals surface area contributed by atoms with E-state index in [0.717, 1.165) is 0 Å². The van der Waals surface area contributed by atoms with E-state index in [1.165, 1.54) is 4.90 Å². The molecule has 7 heteroatoms. The third kappa shape index (κ3) is 3.82. The van der Waals surface area contributed by atoms with E-state index >= 15 is 0 Å². The molecule has 1 fully saturated rings. The highest BCUT2D eigenvalue weighted by Crippen LogP contribution is 2.12. The van der Waals surface area contributed by atoms with Crippen LogP contribution in [0.3, 0.4) is 0 Å². The van der Waals surface area contributed by atoms with Gasteiger partial charge in [0.05, 0.1) is 0 Å². The molecule has 4 nitrogen and oxygen atoms in total. The first-order valence-corrected chi connectivity index (χ1v) is 4.29. The zero-order chi connectivity index (χ0) is 10.6. The summed E-state index contributed by atoms with van der Waals surface area (Å²) in [6.45, 7) is 0.877. The Morgan fingerprint density at radius 3 is 2.43 bits per heavy atom. The number of hydrogen-bond donors (Lipinski definition) is 2. The summed E-state index contributed by atoms with van der Waals surface area (Å²) in [6.07, 6.45) is -4.34. The maximum atomic E-state index is 11.7. The Balaban J connectivity index is 2.27. The van der Waals surface area contributed by atoms with Gasteiger partial charge in [-0.3, -0.25) is 0 Å². The molecule has 0 atom stereocenters. The number of hydrogen-bond acceptors (Lipinski definition) is 2. The van der Waals surface area contributed by atoms with E-state index < -0.39 is 18.8 Å². The molecule has 14 heavy (non-hydrogen) atoms. The van der Waals surface area contributed by atoms with Crippen LogP contribution in [0.1, 0.15) is 0 Å². The van der Waals surface area contributed by atoms with Gasteiger partial charge in [0.1, 0.15) is 6.54 Å². The summed E-state index contributed by atoms with van der Waals surface area (Å²) < 4.78 is 35.2. The molecule has 82 valence electrons. The van der Waals surface area contributed by atoms with Crippen LogP contribution in [0, 0.1) is 0 Å². The summed E-state index contributed by atoms with van der Waals surface area (Å²) in [7, 11) is 0. The van der Waals surface area contributed by atoms with E-state index in [2.05, 4.69) is 5.32 Å². The van der Waals surface area contributed by atoms with Crippen molar-refractivity contribution in [1.29, 1.82) is 0 Å². The predicted molar refractivity (Wildman–Crippen MR) is 43.9 cm³/mol. The normalized spacial score (nSPS) is 18.1. The monoisotopic (exact) mass is 211 g/mol. The van der Waals surface area contributed by atoms with Crippen molar-refractivity contribution in [2.24, 2.45) is 0 Å². The fourth-order valence-electron chi connectivity index (χ4n) is 1.16. The highest BCUT2D eigenvalue weighted by atomic mass is 19.4. The fraction of sp³-hybridized carbons (Fsp3) is 0.857. The van der Waals surface area contributed by atoms with Gasteiger partial charge in [-0.1, -0.05) is 0 Å². The highest BCUT2D eigenvalue weighted by Gasteiger charge is 2.28. The third-order valence-electron chi connectivity index (χ3n) is 1.84. The van der Waals surface area contributed by atoms with Gasteiger partial charge in [-0.25, -0.2) is 4.79 Å². The van der Waals surface area contributed by atoms with E-state index in [0.29, 0.717) is 26.2 Å². The molecule has 1 aliphatic rings. The Kier molecular flexibility index (Phi) is 3.56. The van der Waals surface area contributed by atoms with Gasteiger partial charge < -0.3 is 15.5 Å². The van der Waals surface area contributed by atoms with Crippen LogP contribution < -0.4 is 10.6 Å². The first-order valence-electron chi connectivity index (χ1n) is 4.29. The molecule has 0 unspecified atom stereocenters. The number of halogens is 3. The summed E-state index contributed by atoms with van der Waals surface area (Å²) in [5, 5.41) is 4.82. The molecule has 0 aliphatic carbocycles. The number of amides is 2. The molecular weight excluding hydrogens is 199 g/mol. The smallest absolute Gasteiger partial charge is 0.329 e. The number of piperazine rings is 1. The minimum Gasteiger partial charge on any atom is -0.329 e. The van der Waals surface area contributed by atoms with E-state index in [4.69, 9.17) is 0 Å². The van der Waals surface area contributed by atoms with Crippen LogP contribution in [0.2, 0.25) is 0 Å². The van der Waals surface area contributed by atoms with Crippen molar-refractivity contribution in [3.05, 3.63) is 0 Å². The first kappa shape index (κ1) is 11.1. The molecule has 1 aliphatic heterocycles. The number of alkyl halides is 3. The van der Waals surface area contributed by atoms with Gasteiger partial charge in [-0.05, 0) is 0 Å². The number of nitrogens with one attached hydrogen (secondary N) is 2. The Hall–Kier alpha value is -0.980.